The molecule has 162 valence electrons. The number of carbonyl (C=O) groups excluding carboxylic acids is 1. The fourth-order valence-electron chi connectivity index (χ4n) is 4.59. The van der Waals surface area contributed by atoms with Crippen molar-refractivity contribution < 1.29 is 14.3 Å². The molecular weight excluding hydrogens is 406 g/mol. The highest BCUT2D eigenvalue weighted by Gasteiger charge is 2.28. The van der Waals surface area contributed by atoms with E-state index in [4.69, 9.17) is 14.5 Å². The van der Waals surface area contributed by atoms with Crippen LogP contribution in [0.5, 0.6) is 11.5 Å². The van der Waals surface area contributed by atoms with Gasteiger partial charge >= 0.3 is 0 Å². The van der Waals surface area contributed by atoms with Crippen LogP contribution in [0.4, 0.5) is 5.82 Å². The van der Waals surface area contributed by atoms with Crippen molar-refractivity contribution in [2.75, 3.05) is 24.8 Å². The SMILES string of the molecule is O=C(NCc1ccc2c(c1)OCO2)C1CCCN(c2nc3ncccc3n3cccc23)C1. The maximum absolute atomic E-state index is 13.0. The van der Waals surface area contributed by atoms with Gasteiger partial charge in [0, 0.05) is 32.0 Å². The van der Waals surface area contributed by atoms with Crippen LogP contribution in [0.1, 0.15) is 18.4 Å². The number of hydrogen-bond acceptors (Lipinski definition) is 6. The minimum Gasteiger partial charge on any atom is -0.454 e. The lowest BCUT2D eigenvalue weighted by atomic mass is 9.97. The summed E-state index contributed by atoms with van der Waals surface area (Å²) in [5, 5.41) is 3.09. The third-order valence-electron chi connectivity index (χ3n) is 6.21. The van der Waals surface area contributed by atoms with Crippen LogP contribution in [0.25, 0.3) is 16.7 Å². The normalized spacial score (nSPS) is 17.8. The molecule has 1 aromatic carbocycles. The molecule has 8 nitrogen and oxygen atoms in total. The Morgan fingerprint density at radius 2 is 2.03 bits per heavy atom. The first kappa shape index (κ1) is 18.9. The lowest BCUT2D eigenvalue weighted by molar-refractivity contribution is -0.125. The second-order valence-corrected chi connectivity index (χ2v) is 8.24. The number of rotatable bonds is 4. The zero-order valence-corrected chi connectivity index (χ0v) is 17.5. The Labute approximate surface area is 184 Å². The Hall–Kier alpha value is -3.81. The second kappa shape index (κ2) is 7.71. The number of ether oxygens (including phenoxy) is 2. The van der Waals surface area contributed by atoms with Crippen LogP contribution in [0.3, 0.4) is 0 Å². The van der Waals surface area contributed by atoms with Gasteiger partial charge in [-0.05, 0) is 54.8 Å². The van der Waals surface area contributed by atoms with E-state index < -0.39 is 0 Å². The van der Waals surface area contributed by atoms with Crippen LogP contribution in [0.15, 0.2) is 54.9 Å². The molecule has 3 aromatic heterocycles. The quantitative estimate of drug-likeness (QED) is 0.537. The van der Waals surface area contributed by atoms with E-state index in [-0.39, 0.29) is 18.6 Å². The van der Waals surface area contributed by atoms with Crippen LogP contribution in [-0.4, -0.2) is 40.2 Å². The summed E-state index contributed by atoms with van der Waals surface area (Å²) in [6.07, 6.45) is 5.60. The van der Waals surface area contributed by atoms with Crippen molar-refractivity contribution in [1.82, 2.24) is 19.7 Å². The lowest BCUT2D eigenvalue weighted by Gasteiger charge is -2.33. The van der Waals surface area contributed by atoms with Crippen LogP contribution < -0.4 is 19.7 Å². The van der Waals surface area contributed by atoms with Crippen molar-refractivity contribution in [3.63, 3.8) is 0 Å². The molecule has 1 saturated heterocycles. The van der Waals surface area contributed by atoms with Gasteiger partial charge in [0.15, 0.2) is 23.0 Å². The van der Waals surface area contributed by atoms with Gasteiger partial charge in [0.2, 0.25) is 12.7 Å². The van der Waals surface area contributed by atoms with Gasteiger partial charge in [0.25, 0.3) is 0 Å². The van der Waals surface area contributed by atoms with Crippen molar-refractivity contribution in [2.24, 2.45) is 5.92 Å². The average molecular weight is 429 g/mol. The van der Waals surface area contributed by atoms with Crippen molar-refractivity contribution in [1.29, 1.82) is 0 Å². The van der Waals surface area contributed by atoms with Crippen molar-refractivity contribution in [3.8, 4) is 11.5 Å². The van der Waals surface area contributed by atoms with Crippen molar-refractivity contribution >= 4 is 28.4 Å². The minimum absolute atomic E-state index is 0.0673. The van der Waals surface area contributed by atoms with Gasteiger partial charge in [-0.25, -0.2) is 9.97 Å². The van der Waals surface area contributed by atoms with E-state index in [0.717, 1.165) is 53.3 Å². The summed E-state index contributed by atoms with van der Waals surface area (Å²) in [5.74, 6) is 2.34. The molecule has 2 aliphatic heterocycles. The molecule has 0 bridgehead atoms. The van der Waals surface area contributed by atoms with Crippen LogP contribution in [0.2, 0.25) is 0 Å². The van der Waals surface area contributed by atoms with Gasteiger partial charge in [0.05, 0.1) is 17.0 Å². The number of nitrogens with one attached hydrogen (secondary N) is 1. The second-order valence-electron chi connectivity index (χ2n) is 8.24. The lowest BCUT2D eigenvalue weighted by Crippen LogP contribution is -2.43. The average Bonchev–Trinajstić information content (AvgIpc) is 3.51. The van der Waals surface area contributed by atoms with Gasteiger partial charge in [0.1, 0.15) is 0 Å². The number of aromatic nitrogens is 3. The molecule has 0 aliphatic carbocycles. The molecule has 6 rings (SSSR count). The maximum atomic E-state index is 13.0. The standard InChI is InChI=1S/C24H23N5O3/c30-24(26-13-16-7-8-20-21(12-16)32-15-31-20)17-4-2-10-28(14-17)23-19-6-3-11-29(19)18-5-1-9-25-22(18)27-23/h1,3,5-9,11-12,17H,2,4,10,13-15H2,(H,26,30). The number of carbonyl (C=O) groups is 1. The molecular formula is C24H23N5O3. The smallest absolute Gasteiger partial charge is 0.231 e. The fourth-order valence-corrected chi connectivity index (χ4v) is 4.59. The third-order valence-corrected chi connectivity index (χ3v) is 6.21. The molecule has 32 heavy (non-hydrogen) atoms. The van der Waals surface area contributed by atoms with E-state index in [1.165, 1.54) is 0 Å². The van der Waals surface area contributed by atoms with Crippen LogP contribution in [-0.2, 0) is 11.3 Å². The molecule has 0 saturated carbocycles. The minimum atomic E-state index is -0.0889. The van der Waals surface area contributed by atoms with E-state index in [9.17, 15) is 4.79 Å². The Balaban J connectivity index is 1.19. The Morgan fingerprint density at radius 3 is 3.00 bits per heavy atom. The summed E-state index contributed by atoms with van der Waals surface area (Å²) in [4.78, 5) is 24.5. The van der Waals surface area contributed by atoms with Crippen molar-refractivity contribution in [3.05, 3.63) is 60.4 Å². The topological polar surface area (TPSA) is 81.0 Å². The zero-order chi connectivity index (χ0) is 21.5. The number of pyridine rings is 1. The molecule has 1 unspecified atom stereocenters. The number of anilines is 1. The summed E-state index contributed by atoms with van der Waals surface area (Å²) in [5.41, 5.74) is 3.71. The predicted molar refractivity (Wildman–Crippen MR) is 120 cm³/mol. The Kier molecular flexibility index (Phi) is 4.56. The van der Waals surface area contributed by atoms with E-state index in [1.807, 2.05) is 42.6 Å². The molecule has 1 N–H and O–H groups in total. The molecule has 0 radical (unpaired) electrons. The van der Waals surface area contributed by atoms with Gasteiger partial charge in [-0.3, -0.25) is 4.79 Å². The number of hydrogen-bond donors (Lipinski definition) is 1. The molecule has 5 heterocycles. The molecule has 8 heteroatoms. The first-order chi connectivity index (χ1) is 15.8. The Bertz CT molecular complexity index is 1320. The first-order valence-corrected chi connectivity index (χ1v) is 10.9. The number of nitrogens with zero attached hydrogens (tertiary/aromatic N) is 4. The molecule has 4 aromatic rings. The van der Waals surface area contributed by atoms with Crippen molar-refractivity contribution in [2.45, 2.75) is 19.4 Å². The summed E-state index contributed by atoms with van der Waals surface area (Å²) in [7, 11) is 0. The molecule has 0 spiro atoms. The van der Waals surface area contributed by atoms with Crippen LogP contribution >= 0.6 is 0 Å². The number of piperidine rings is 1. The van der Waals surface area contributed by atoms with Gasteiger partial charge in [-0.15, -0.1) is 0 Å². The van der Waals surface area contributed by atoms with Gasteiger partial charge in [-0.2, -0.15) is 0 Å². The van der Waals surface area contributed by atoms with Gasteiger partial charge in [-0.1, -0.05) is 6.07 Å². The zero-order valence-electron chi connectivity index (χ0n) is 17.5. The number of fused-ring (bicyclic) bond motifs is 4. The van der Waals surface area contributed by atoms with E-state index >= 15 is 0 Å². The summed E-state index contributed by atoms with van der Waals surface area (Å²) < 4.78 is 12.9. The summed E-state index contributed by atoms with van der Waals surface area (Å²) >= 11 is 0. The van der Waals surface area contributed by atoms with E-state index in [2.05, 4.69) is 25.7 Å². The summed E-state index contributed by atoms with van der Waals surface area (Å²) in [6, 6.07) is 13.8. The molecule has 1 fully saturated rings. The highest BCUT2D eigenvalue weighted by Crippen LogP contribution is 2.32. The Morgan fingerprint density at radius 1 is 1.12 bits per heavy atom. The largest absolute Gasteiger partial charge is 0.454 e. The number of benzene rings is 1. The highest BCUT2D eigenvalue weighted by molar-refractivity contribution is 5.84. The van der Waals surface area contributed by atoms with E-state index in [0.29, 0.717) is 18.7 Å². The van der Waals surface area contributed by atoms with E-state index in [1.54, 1.807) is 6.20 Å². The maximum Gasteiger partial charge on any atom is 0.231 e. The summed E-state index contributed by atoms with van der Waals surface area (Å²) in [6.45, 7) is 2.22. The first-order valence-electron chi connectivity index (χ1n) is 10.9. The molecule has 1 atom stereocenters. The fraction of sp³-hybridized carbons (Fsp3) is 0.292. The molecule has 2 aliphatic rings. The predicted octanol–water partition coefficient (Wildman–Crippen LogP) is 3.14. The highest BCUT2D eigenvalue weighted by atomic mass is 16.7. The molecule has 1 amide bonds. The number of amides is 1. The monoisotopic (exact) mass is 429 g/mol. The van der Waals surface area contributed by atoms with Gasteiger partial charge < -0.3 is 24.1 Å². The van der Waals surface area contributed by atoms with Crippen LogP contribution in [0, 0.1) is 5.92 Å². The third kappa shape index (κ3) is 3.28.